The third-order valence-electron chi connectivity index (χ3n) is 3.18. The highest BCUT2D eigenvalue weighted by atomic mass is 19.1. The number of aliphatic hydroxyl groups excluding tert-OH is 1. The maximum atomic E-state index is 13.1. The number of fused-ring (bicyclic) bond motifs is 1. The van der Waals surface area contributed by atoms with E-state index in [1.54, 1.807) is 6.07 Å². The van der Waals surface area contributed by atoms with Crippen LogP contribution in [0.4, 0.5) is 4.39 Å². The van der Waals surface area contributed by atoms with Gasteiger partial charge in [-0.1, -0.05) is 30.3 Å². The molecule has 3 heteroatoms. The first kappa shape index (κ1) is 11.2. The van der Waals surface area contributed by atoms with E-state index in [0.29, 0.717) is 12.2 Å². The molecule has 1 N–H and O–H groups in total. The molecule has 0 spiro atoms. The van der Waals surface area contributed by atoms with E-state index in [2.05, 4.69) is 0 Å². The van der Waals surface area contributed by atoms with E-state index >= 15 is 0 Å². The van der Waals surface area contributed by atoms with Crippen LogP contribution in [0.5, 0.6) is 5.75 Å². The summed E-state index contributed by atoms with van der Waals surface area (Å²) in [5.74, 6) is 0.346. The van der Waals surface area contributed by atoms with Crippen molar-refractivity contribution in [2.24, 2.45) is 0 Å². The van der Waals surface area contributed by atoms with Crippen molar-refractivity contribution in [3.05, 3.63) is 65.5 Å². The fourth-order valence-electron chi connectivity index (χ4n) is 2.30. The summed E-state index contributed by atoms with van der Waals surface area (Å²) < 4.78 is 18.9. The first-order valence-electron chi connectivity index (χ1n) is 5.92. The molecule has 0 aliphatic carbocycles. The zero-order chi connectivity index (χ0) is 12.5. The third kappa shape index (κ3) is 1.97. The van der Waals surface area contributed by atoms with Crippen LogP contribution in [0.1, 0.15) is 17.2 Å². The minimum atomic E-state index is -0.651. The zero-order valence-electron chi connectivity index (χ0n) is 9.71. The predicted octanol–water partition coefficient (Wildman–Crippen LogP) is 2.86. The van der Waals surface area contributed by atoms with Gasteiger partial charge in [-0.25, -0.2) is 4.39 Å². The Labute approximate surface area is 105 Å². The number of halogens is 1. The van der Waals surface area contributed by atoms with Crippen LogP contribution in [0.3, 0.4) is 0 Å². The highest BCUT2D eigenvalue weighted by Crippen LogP contribution is 2.35. The summed E-state index contributed by atoms with van der Waals surface area (Å²) in [5, 5.41) is 10.1. The Hall–Kier alpha value is -1.87. The molecule has 0 bridgehead atoms. The van der Waals surface area contributed by atoms with E-state index < -0.39 is 6.10 Å². The number of rotatable bonds is 1. The molecule has 0 fully saturated rings. The molecule has 2 nitrogen and oxygen atoms in total. The van der Waals surface area contributed by atoms with Gasteiger partial charge in [-0.3, -0.25) is 0 Å². The fraction of sp³-hybridized carbons (Fsp3) is 0.200. The van der Waals surface area contributed by atoms with Gasteiger partial charge >= 0.3 is 0 Å². The van der Waals surface area contributed by atoms with Gasteiger partial charge in [0.15, 0.2) is 0 Å². The van der Waals surface area contributed by atoms with Gasteiger partial charge in [0.2, 0.25) is 0 Å². The van der Waals surface area contributed by atoms with Crippen LogP contribution in [0.25, 0.3) is 0 Å². The number of hydrogen-bond acceptors (Lipinski definition) is 2. The maximum absolute atomic E-state index is 13.1. The largest absolute Gasteiger partial charge is 0.483 e. The van der Waals surface area contributed by atoms with Crippen LogP contribution in [0.2, 0.25) is 0 Å². The lowest BCUT2D eigenvalue weighted by molar-refractivity contribution is 0.0207. The van der Waals surface area contributed by atoms with Crippen molar-refractivity contribution in [1.82, 2.24) is 0 Å². The molecule has 2 aromatic rings. The SMILES string of the molecule is O[C@H]1Cc2cc(F)ccc2O[C@@H]1c1ccccc1. The molecule has 0 saturated carbocycles. The fourth-order valence-corrected chi connectivity index (χ4v) is 2.30. The summed E-state index contributed by atoms with van der Waals surface area (Å²) in [6.45, 7) is 0. The van der Waals surface area contributed by atoms with E-state index in [-0.39, 0.29) is 11.9 Å². The predicted molar refractivity (Wildman–Crippen MR) is 65.9 cm³/mol. The number of benzene rings is 2. The highest BCUT2D eigenvalue weighted by molar-refractivity contribution is 5.38. The van der Waals surface area contributed by atoms with Crippen LogP contribution in [0.15, 0.2) is 48.5 Å². The summed E-state index contributed by atoms with van der Waals surface area (Å²) in [6.07, 6.45) is -0.627. The molecule has 3 rings (SSSR count). The molecule has 1 aliphatic heterocycles. The molecule has 0 amide bonds. The minimum Gasteiger partial charge on any atom is -0.483 e. The lowest BCUT2D eigenvalue weighted by Gasteiger charge is -2.30. The quantitative estimate of drug-likeness (QED) is 0.835. The van der Waals surface area contributed by atoms with Crippen molar-refractivity contribution in [3.8, 4) is 5.75 Å². The van der Waals surface area contributed by atoms with Gasteiger partial charge in [-0.15, -0.1) is 0 Å². The normalized spacial score (nSPS) is 22.1. The average Bonchev–Trinajstić information content (AvgIpc) is 2.39. The topological polar surface area (TPSA) is 29.5 Å². The highest BCUT2D eigenvalue weighted by Gasteiger charge is 2.29. The van der Waals surface area contributed by atoms with E-state index in [0.717, 1.165) is 11.1 Å². The Bertz CT molecular complexity index is 554. The average molecular weight is 244 g/mol. The van der Waals surface area contributed by atoms with Crippen LogP contribution < -0.4 is 4.74 Å². The molecule has 2 aromatic carbocycles. The van der Waals surface area contributed by atoms with Crippen LogP contribution in [-0.2, 0) is 6.42 Å². The van der Waals surface area contributed by atoms with Gasteiger partial charge in [-0.2, -0.15) is 0 Å². The first-order valence-corrected chi connectivity index (χ1v) is 5.92. The molecule has 92 valence electrons. The van der Waals surface area contributed by atoms with Crippen molar-refractivity contribution >= 4 is 0 Å². The van der Waals surface area contributed by atoms with E-state index in [1.165, 1.54) is 12.1 Å². The maximum Gasteiger partial charge on any atom is 0.150 e. The molecule has 0 unspecified atom stereocenters. The first-order chi connectivity index (χ1) is 8.74. The Morgan fingerprint density at radius 3 is 2.67 bits per heavy atom. The standard InChI is InChI=1S/C15H13FO2/c16-12-6-7-14-11(8-12)9-13(17)15(18-14)10-4-2-1-3-5-10/h1-8,13,15,17H,9H2/t13-,15+/m0/s1. The molecular formula is C15H13FO2. The monoisotopic (exact) mass is 244 g/mol. The molecule has 1 heterocycles. The van der Waals surface area contributed by atoms with Gasteiger partial charge in [-0.05, 0) is 29.3 Å². The van der Waals surface area contributed by atoms with E-state index in [9.17, 15) is 9.50 Å². The second kappa shape index (κ2) is 4.42. The second-order valence-corrected chi connectivity index (χ2v) is 4.47. The van der Waals surface area contributed by atoms with Crippen LogP contribution in [0, 0.1) is 5.82 Å². The Morgan fingerprint density at radius 1 is 1.11 bits per heavy atom. The molecule has 2 atom stereocenters. The van der Waals surface area contributed by atoms with Gasteiger partial charge in [0.1, 0.15) is 17.7 Å². The number of ether oxygens (including phenoxy) is 1. The molecule has 18 heavy (non-hydrogen) atoms. The Morgan fingerprint density at radius 2 is 1.89 bits per heavy atom. The van der Waals surface area contributed by atoms with Crippen LogP contribution in [-0.4, -0.2) is 11.2 Å². The summed E-state index contributed by atoms with van der Waals surface area (Å²) in [7, 11) is 0. The van der Waals surface area contributed by atoms with Gasteiger partial charge < -0.3 is 9.84 Å². The molecule has 0 aromatic heterocycles. The molecular weight excluding hydrogens is 231 g/mol. The van der Waals surface area contributed by atoms with Crippen LogP contribution >= 0.6 is 0 Å². The van der Waals surface area contributed by atoms with E-state index in [1.807, 2.05) is 30.3 Å². The minimum absolute atomic E-state index is 0.303. The Kier molecular flexibility index (Phi) is 2.76. The van der Waals surface area contributed by atoms with Crippen molar-refractivity contribution in [2.45, 2.75) is 18.6 Å². The van der Waals surface area contributed by atoms with Crippen molar-refractivity contribution in [1.29, 1.82) is 0 Å². The lowest BCUT2D eigenvalue weighted by Crippen LogP contribution is -2.30. The lowest BCUT2D eigenvalue weighted by atomic mass is 9.95. The molecule has 0 saturated heterocycles. The number of aliphatic hydroxyl groups is 1. The van der Waals surface area contributed by atoms with Gasteiger partial charge in [0, 0.05) is 6.42 Å². The van der Waals surface area contributed by atoms with Gasteiger partial charge in [0.25, 0.3) is 0 Å². The smallest absolute Gasteiger partial charge is 0.150 e. The van der Waals surface area contributed by atoms with Crippen molar-refractivity contribution in [3.63, 3.8) is 0 Å². The second-order valence-electron chi connectivity index (χ2n) is 4.47. The molecule has 1 aliphatic rings. The van der Waals surface area contributed by atoms with E-state index in [4.69, 9.17) is 4.74 Å². The third-order valence-corrected chi connectivity index (χ3v) is 3.18. The summed E-state index contributed by atoms with van der Waals surface area (Å²) >= 11 is 0. The van der Waals surface area contributed by atoms with Gasteiger partial charge in [0.05, 0.1) is 6.10 Å². The summed E-state index contributed by atoms with van der Waals surface area (Å²) in [5.41, 5.74) is 1.65. The number of hydrogen-bond donors (Lipinski definition) is 1. The van der Waals surface area contributed by atoms with Crippen molar-refractivity contribution in [2.75, 3.05) is 0 Å². The molecule has 0 radical (unpaired) electrons. The van der Waals surface area contributed by atoms with Crippen molar-refractivity contribution < 1.29 is 14.2 Å². The zero-order valence-corrected chi connectivity index (χ0v) is 9.71. The Balaban J connectivity index is 1.95. The summed E-state index contributed by atoms with van der Waals surface area (Å²) in [4.78, 5) is 0. The summed E-state index contributed by atoms with van der Waals surface area (Å²) in [6, 6.07) is 14.0.